The molecule has 0 fully saturated rings. The van der Waals surface area contributed by atoms with E-state index in [0.717, 1.165) is 0 Å². The fourth-order valence-corrected chi connectivity index (χ4v) is 1.80. The minimum absolute atomic E-state index is 1.19. The topological polar surface area (TPSA) is 0 Å². The van der Waals surface area contributed by atoms with E-state index in [-0.39, 0.29) is 0 Å². The standard InChI is InChI=1S/C13H19/c1-5-6-7-13-11(3)8-10(2)9-12(13)4/h7-9H,5-6H2,1-4H3. The zero-order valence-electron chi connectivity index (χ0n) is 9.15. The van der Waals surface area contributed by atoms with E-state index in [1.807, 2.05) is 0 Å². The van der Waals surface area contributed by atoms with Gasteiger partial charge in [-0.3, -0.25) is 0 Å². The Balaban J connectivity index is 2.92. The molecule has 0 spiro atoms. The van der Waals surface area contributed by atoms with Gasteiger partial charge in [-0.15, -0.1) is 0 Å². The van der Waals surface area contributed by atoms with Gasteiger partial charge in [-0.1, -0.05) is 31.0 Å². The van der Waals surface area contributed by atoms with Crippen LogP contribution >= 0.6 is 0 Å². The van der Waals surface area contributed by atoms with Crippen molar-refractivity contribution < 1.29 is 0 Å². The first-order valence-electron chi connectivity index (χ1n) is 5.06. The van der Waals surface area contributed by atoms with Gasteiger partial charge < -0.3 is 0 Å². The molecule has 0 heterocycles. The molecule has 0 amide bonds. The molecule has 0 unspecified atom stereocenters. The summed E-state index contributed by atoms with van der Waals surface area (Å²) in [4.78, 5) is 0. The Morgan fingerprint density at radius 1 is 1.08 bits per heavy atom. The highest BCUT2D eigenvalue weighted by Crippen LogP contribution is 2.19. The maximum atomic E-state index is 2.35. The second kappa shape index (κ2) is 4.45. The molecule has 0 aromatic heterocycles. The van der Waals surface area contributed by atoms with Gasteiger partial charge in [0.25, 0.3) is 0 Å². The van der Waals surface area contributed by atoms with Crippen LogP contribution in [0.2, 0.25) is 0 Å². The molecular weight excluding hydrogens is 156 g/mol. The van der Waals surface area contributed by atoms with Crippen molar-refractivity contribution in [1.29, 1.82) is 0 Å². The third-order valence-corrected chi connectivity index (χ3v) is 2.38. The minimum Gasteiger partial charge on any atom is -0.0654 e. The van der Waals surface area contributed by atoms with Gasteiger partial charge in [-0.05, 0) is 50.3 Å². The van der Waals surface area contributed by atoms with Crippen LogP contribution in [0.25, 0.3) is 0 Å². The Hall–Kier alpha value is -0.780. The van der Waals surface area contributed by atoms with Gasteiger partial charge in [0.05, 0.1) is 0 Å². The summed E-state index contributed by atoms with van der Waals surface area (Å²) in [6.45, 7) is 8.77. The van der Waals surface area contributed by atoms with Crippen LogP contribution in [0.3, 0.4) is 0 Å². The van der Waals surface area contributed by atoms with E-state index in [0.29, 0.717) is 0 Å². The van der Waals surface area contributed by atoms with Crippen molar-refractivity contribution in [3.8, 4) is 0 Å². The lowest BCUT2D eigenvalue weighted by Gasteiger charge is -2.10. The molecule has 71 valence electrons. The molecule has 0 aliphatic rings. The molecule has 0 nitrogen and oxygen atoms in total. The van der Waals surface area contributed by atoms with Crippen LogP contribution in [0.4, 0.5) is 0 Å². The monoisotopic (exact) mass is 175 g/mol. The van der Waals surface area contributed by atoms with Crippen LogP contribution in [0, 0.1) is 27.2 Å². The molecule has 1 radical (unpaired) electrons. The second-order valence-electron chi connectivity index (χ2n) is 3.81. The zero-order chi connectivity index (χ0) is 9.84. The fourth-order valence-electron chi connectivity index (χ4n) is 1.80. The molecule has 1 aromatic carbocycles. The van der Waals surface area contributed by atoms with Crippen molar-refractivity contribution in [2.24, 2.45) is 0 Å². The fraction of sp³-hybridized carbons (Fsp3) is 0.462. The summed E-state index contributed by atoms with van der Waals surface area (Å²) in [6, 6.07) is 4.52. The maximum absolute atomic E-state index is 2.35. The van der Waals surface area contributed by atoms with E-state index in [4.69, 9.17) is 0 Å². The summed E-state index contributed by atoms with van der Waals surface area (Å²) in [5.74, 6) is 0. The predicted octanol–water partition coefficient (Wildman–Crippen LogP) is 3.96. The van der Waals surface area contributed by atoms with Crippen LogP contribution in [-0.2, 0) is 0 Å². The molecule has 0 atom stereocenters. The number of unbranched alkanes of at least 4 members (excludes halogenated alkanes) is 1. The number of hydrogen-bond acceptors (Lipinski definition) is 0. The Morgan fingerprint density at radius 3 is 2.08 bits per heavy atom. The van der Waals surface area contributed by atoms with Crippen molar-refractivity contribution in [1.82, 2.24) is 0 Å². The summed E-state index contributed by atoms with van der Waals surface area (Å²) in [7, 11) is 0. The Bertz CT molecular complexity index is 261. The zero-order valence-corrected chi connectivity index (χ0v) is 9.15. The number of hydrogen-bond donors (Lipinski definition) is 0. The molecule has 0 aliphatic heterocycles. The van der Waals surface area contributed by atoms with Gasteiger partial charge in [0.15, 0.2) is 0 Å². The highest BCUT2D eigenvalue weighted by molar-refractivity contribution is 5.41. The van der Waals surface area contributed by atoms with Crippen molar-refractivity contribution in [3.05, 3.63) is 40.8 Å². The minimum atomic E-state index is 1.19. The summed E-state index contributed by atoms with van der Waals surface area (Å²) in [6.07, 6.45) is 4.77. The lowest BCUT2D eigenvalue weighted by atomic mass is 9.96. The normalized spacial score (nSPS) is 10.5. The summed E-state index contributed by atoms with van der Waals surface area (Å²) >= 11 is 0. The summed E-state index contributed by atoms with van der Waals surface area (Å²) < 4.78 is 0. The highest BCUT2D eigenvalue weighted by Gasteiger charge is 2.02. The Morgan fingerprint density at radius 2 is 1.62 bits per heavy atom. The van der Waals surface area contributed by atoms with Crippen molar-refractivity contribution in [2.45, 2.75) is 40.5 Å². The van der Waals surface area contributed by atoms with Gasteiger partial charge in [0.1, 0.15) is 0 Å². The van der Waals surface area contributed by atoms with Crippen LogP contribution in [0.5, 0.6) is 0 Å². The lowest BCUT2D eigenvalue weighted by molar-refractivity contribution is 0.907. The van der Waals surface area contributed by atoms with Crippen molar-refractivity contribution in [3.63, 3.8) is 0 Å². The van der Waals surface area contributed by atoms with Gasteiger partial charge in [-0.2, -0.15) is 0 Å². The molecule has 13 heavy (non-hydrogen) atoms. The number of rotatable bonds is 3. The Labute approximate surface area is 82.0 Å². The number of benzene rings is 1. The second-order valence-corrected chi connectivity index (χ2v) is 3.81. The molecule has 1 aromatic rings. The third kappa shape index (κ3) is 2.58. The molecular formula is C13H19. The Kier molecular flexibility index (Phi) is 3.53. The van der Waals surface area contributed by atoms with Gasteiger partial charge in [-0.25, -0.2) is 0 Å². The van der Waals surface area contributed by atoms with Crippen LogP contribution in [0.15, 0.2) is 12.1 Å². The van der Waals surface area contributed by atoms with Crippen LogP contribution in [0.1, 0.15) is 42.0 Å². The van der Waals surface area contributed by atoms with E-state index in [1.165, 1.54) is 35.1 Å². The van der Waals surface area contributed by atoms with Gasteiger partial charge in [0, 0.05) is 0 Å². The largest absolute Gasteiger partial charge is 0.0654 e. The average molecular weight is 175 g/mol. The number of aryl methyl sites for hydroxylation is 3. The van der Waals surface area contributed by atoms with Crippen LogP contribution < -0.4 is 0 Å². The van der Waals surface area contributed by atoms with E-state index in [2.05, 4.69) is 46.2 Å². The molecule has 1 rings (SSSR count). The van der Waals surface area contributed by atoms with E-state index in [9.17, 15) is 0 Å². The first kappa shape index (κ1) is 10.3. The molecule has 0 aliphatic carbocycles. The molecule has 0 saturated carbocycles. The van der Waals surface area contributed by atoms with Crippen LogP contribution in [-0.4, -0.2) is 0 Å². The van der Waals surface area contributed by atoms with Gasteiger partial charge in [0.2, 0.25) is 0 Å². The smallest absolute Gasteiger partial charge is 0.00877 e. The third-order valence-electron chi connectivity index (χ3n) is 2.38. The first-order chi connectivity index (χ1) is 6.15. The highest BCUT2D eigenvalue weighted by atomic mass is 14.1. The van der Waals surface area contributed by atoms with Crippen molar-refractivity contribution in [2.75, 3.05) is 0 Å². The van der Waals surface area contributed by atoms with Crippen molar-refractivity contribution >= 4 is 0 Å². The van der Waals surface area contributed by atoms with E-state index >= 15 is 0 Å². The molecule has 0 bridgehead atoms. The van der Waals surface area contributed by atoms with E-state index < -0.39 is 0 Å². The predicted molar refractivity (Wildman–Crippen MR) is 59.0 cm³/mol. The quantitative estimate of drug-likeness (QED) is 0.652. The van der Waals surface area contributed by atoms with E-state index in [1.54, 1.807) is 0 Å². The molecule has 0 saturated heterocycles. The lowest BCUT2D eigenvalue weighted by Crippen LogP contribution is -1.93. The summed E-state index contributed by atoms with van der Waals surface area (Å²) in [5.41, 5.74) is 5.62. The maximum Gasteiger partial charge on any atom is -0.00877 e. The SMILES string of the molecule is CCC[CH]c1c(C)cc(C)cc1C. The molecule has 0 N–H and O–H groups in total. The summed E-state index contributed by atoms with van der Waals surface area (Å²) in [5, 5.41) is 0. The van der Waals surface area contributed by atoms with Gasteiger partial charge >= 0.3 is 0 Å². The first-order valence-corrected chi connectivity index (χ1v) is 5.06. The molecule has 0 heteroatoms. The average Bonchev–Trinajstić information content (AvgIpc) is 2.02.